The van der Waals surface area contributed by atoms with E-state index in [4.69, 9.17) is 9.59 Å². The Morgan fingerprint density at radius 2 is 1.33 bits per heavy atom. The van der Waals surface area contributed by atoms with Gasteiger partial charge in [-0.05, 0) is 78.5 Å². The zero-order valence-corrected chi connectivity index (χ0v) is 20.6. The van der Waals surface area contributed by atoms with E-state index in [0.29, 0.717) is 10.4 Å². The molecular weight excluding hydrogens is 400 g/mol. The first-order valence-electron chi connectivity index (χ1n) is 10.4. The number of benzene rings is 1. The molecule has 1 aromatic rings. The maximum Gasteiger partial charge on any atom is 0.175 e. The van der Waals surface area contributed by atoms with Gasteiger partial charge in [0.05, 0.1) is 4.90 Å². The fourth-order valence-corrected chi connectivity index (χ4v) is 4.16. The first-order chi connectivity index (χ1) is 14.1. The molecule has 1 aromatic carbocycles. The largest absolute Gasteiger partial charge is 0.307 e. The van der Waals surface area contributed by atoms with Crippen molar-refractivity contribution >= 4 is 23.4 Å². The van der Waals surface area contributed by atoms with Gasteiger partial charge in [0.15, 0.2) is 9.84 Å². The Hall–Kier alpha value is -1.57. The summed E-state index contributed by atoms with van der Waals surface area (Å²) in [6, 6.07) is 6.81. The second-order valence-electron chi connectivity index (χ2n) is 7.85. The first kappa shape index (κ1) is 30.6. The van der Waals surface area contributed by atoms with Crippen molar-refractivity contribution in [2.24, 2.45) is 0 Å². The van der Waals surface area contributed by atoms with Crippen molar-refractivity contribution in [3.63, 3.8) is 0 Å². The van der Waals surface area contributed by atoms with Crippen LogP contribution in [0.4, 0.5) is 0 Å². The number of rotatable bonds is 1. The van der Waals surface area contributed by atoms with Gasteiger partial charge in [0.2, 0.25) is 0 Å². The average Bonchev–Trinajstić information content (AvgIpc) is 3.08. The fourth-order valence-electron chi connectivity index (χ4n) is 3.53. The number of aryl methyl sites for hydroxylation is 1. The molecule has 3 rings (SSSR count). The van der Waals surface area contributed by atoms with Crippen LogP contribution in [0, 0.1) is 6.92 Å². The lowest BCUT2D eigenvalue weighted by atomic mass is 9.85. The van der Waals surface area contributed by atoms with Crippen LogP contribution in [0.25, 0.3) is 0 Å². The minimum Gasteiger partial charge on any atom is -0.307 e. The van der Waals surface area contributed by atoms with Crippen molar-refractivity contribution in [2.75, 3.05) is 40.0 Å². The van der Waals surface area contributed by atoms with Crippen LogP contribution in [0.1, 0.15) is 51.5 Å². The van der Waals surface area contributed by atoms with Crippen LogP contribution in [0.15, 0.2) is 29.2 Å². The lowest BCUT2D eigenvalue weighted by molar-refractivity contribution is -0.0987. The van der Waals surface area contributed by atoms with E-state index in [-0.39, 0.29) is 0 Å². The monoisotopic (exact) mass is 442 g/mol. The Morgan fingerprint density at radius 1 is 0.900 bits per heavy atom. The molecular formula is C23H42N2O4S. The van der Waals surface area contributed by atoms with E-state index in [9.17, 15) is 8.42 Å². The standard InChI is InChI=1S/C10H20N2.C8H10O2S.C3H8.2CH2O/c1-11-8-5-10(6-9-11)4-3-7-12(10)2;1-7-3-5-8(6-4-7)11(2,9)10;1-3-2;2*1-2/h3-9H2,1-2H3;3-6H,1-2H3;3H2,1-2H3;2*1H2. The number of hydrogen-bond acceptors (Lipinski definition) is 6. The minimum atomic E-state index is -3.02. The predicted octanol–water partition coefficient (Wildman–Crippen LogP) is 3.62. The Labute approximate surface area is 184 Å². The molecule has 2 aliphatic rings. The third kappa shape index (κ3) is 11.0. The summed E-state index contributed by atoms with van der Waals surface area (Å²) in [6.07, 6.45) is 8.09. The van der Waals surface area contributed by atoms with Crippen molar-refractivity contribution < 1.29 is 18.0 Å². The molecule has 174 valence electrons. The van der Waals surface area contributed by atoms with Gasteiger partial charge in [0.25, 0.3) is 0 Å². The predicted molar refractivity (Wildman–Crippen MR) is 126 cm³/mol. The quantitative estimate of drug-likeness (QED) is 0.661. The lowest BCUT2D eigenvalue weighted by Gasteiger charge is -2.42. The van der Waals surface area contributed by atoms with Gasteiger partial charge in [-0.15, -0.1) is 0 Å². The van der Waals surface area contributed by atoms with Crippen LogP contribution in [-0.4, -0.2) is 77.3 Å². The molecule has 0 atom stereocenters. The van der Waals surface area contributed by atoms with Gasteiger partial charge >= 0.3 is 0 Å². The Balaban J connectivity index is 0. The molecule has 2 aliphatic heterocycles. The second kappa shape index (κ2) is 16.2. The van der Waals surface area contributed by atoms with E-state index in [1.807, 2.05) is 20.5 Å². The molecule has 2 saturated heterocycles. The van der Waals surface area contributed by atoms with Gasteiger partial charge in [-0.2, -0.15) is 0 Å². The van der Waals surface area contributed by atoms with Gasteiger partial charge < -0.3 is 19.4 Å². The smallest absolute Gasteiger partial charge is 0.175 e. The highest BCUT2D eigenvalue weighted by atomic mass is 32.2. The summed E-state index contributed by atoms with van der Waals surface area (Å²) in [6.45, 7) is 14.1. The molecule has 30 heavy (non-hydrogen) atoms. The Kier molecular flexibility index (Phi) is 16.5. The van der Waals surface area contributed by atoms with Crippen molar-refractivity contribution in [2.45, 2.75) is 63.3 Å². The van der Waals surface area contributed by atoms with E-state index in [2.05, 4.69) is 37.7 Å². The van der Waals surface area contributed by atoms with Crippen LogP contribution in [0.3, 0.4) is 0 Å². The number of piperidine rings is 1. The van der Waals surface area contributed by atoms with Crippen molar-refractivity contribution in [3.05, 3.63) is 29.8 Å². The van der Waals surface area contributed by atoms with E-state index >= 15 is 0 Å². The second-order valence-corrected chi connectivity index (χ2v) is 9.86. The van der Waals surface area contributed by atoms with Crippen LogP contribution in [-0.2, 0) is 19.4 Å². The summed E-state index contributed by atoms with van der Waals surface area (Å²) in [5, 5.41) is 0. The van der Waals surface area contributed by atoms with Crippen molar-refractivity contribution in [1.29, 1.82) is 0 Å². The molecule has 0 amide bonds. The first-order valence-corrected chi connectivity index (χ1v) is 12.3. The number of nitrogens with zero attached hydrogens (tertiary/aromatic N) is 2. The summed E-state index contributed by atoms with van der Waals surface area (Å²) < 4.78 is 21.9. The highest BCUT2D eigenvalue weighted by Gasteiger charge is 2.40. The van der Waals surface area contributed by atoms with Gasteiger partial charge in [0, 0.05) is 11.8 Å². The maximum absolute atomic E-state index is 10.9. The Bertz CT molecular complexity index is 652. The lowest BCUT2D eigenvalue weighted by Crippen LogP contribution is -2.49. The molecule has 0 unspecified atom stereocenters. The SMILES string of the molecule is C=O.C=O.CCC.CN1CCC2(CCCN2C)CC1.Cc1ccc(S(C)(=O)=O)cc1. The number of hydrogen-bond donors (Lipinski definition) is 0. The molecule has 2 fully saturated rings. The molecule has 0 radical (unpaired) electrons. The maximum atomic E-state index is 10.9. The van der Waals surface area contributed by atoms with Crippen molar-refractivity contribution in [3.8, 4) is 0 Å². The number of likely N-dealkylation sites (tertiary alicyclic amines) is 2. The summed E-state index contributed by atoms with van der Waals surface area (Å²) in [5.74, 6) is 0. The highest BCUT2D eigenvalue weighted by Crippen LogP contribution is 2.36. The fraction of sp³-hybridized carbons (Fsp3) is 0.652. The zero-order chi connectivity index (χ0) is 23.8. The topological polar surface area (TPSA) is 74.8 Å². The van der Waals surface area contributed by atoms with Gasteiger partial charge in [-0.3, -0.25) is 0 Å². The van der Waals surface area contributed by atoms with Crippen LogP contribution in [0.2, 0.25) is 0 Å². The number of carbonyl (C=O) groups excluding carboxylic acids is 2. The van der Waals surface area contributed by atoms with Gasteiger partial charge in [0.1, 0.15) is 13.6 Å². The van der Waals surface area contributed by atoms with Gasteiger partial charge in [-0.1, -0.05) is 38.0 Å². The van der Waals surface area contributed by atoms with E-state index < -0.39 is 9.84 Å². The zero-order valence-electron chi connectivity index (χ0n) is 19.8. The molecule has 6 nitrogen and oxygen atoms in total. The number of sulfone groups is 1. The molecule has 0 N–H and O–H groups in total. The van der Waals surface area contributed by atoms with Crippen LogP contribution in [0.5, 0.6) is 0 Å². The minimum absolute atomic E-state index is 0.378. The normalized spacial score (nSPS) is 17.7. The summed E-state index contributed by atoms with van der Waals surface area (Å²) in [7, 11) is 1.52. The summed E-state index contributed by atoms with van der Waals surface area (Å²) in [4.78, 5) is 21.4. The molecule has 1 spiro atoms. The third-order valence-electron chi connectivity index (χ3n) is 5.31. The average molecular weight is 443 g/mol. The van der Waals surface area contributed by atoms with Crippen LogP contribution < -0.4 is 0 Å². The van der Waals surface area contributed by atoms with Gasteiger partial charge in [-0.25, -0.2) is 8.42 Å². The molecule has 2 heterocycles. The van der Waals surface area contributed by atoms with E-state index in [0.717, 1.165) is 5.56 Å². The summed E-state index contributed by atoms with van der Waals surface area (Å²) >= 11 is 0. The highest BCUT2D eigenvalue weighted by molar-refractivity contribution is 7.90. The molecule has 0 bridgehead atoms. The third-order valence-corrected chi connectivity index (χ3v) is 6.44. The molecule has 7 heteroatoms. The number of carbonyl (C=O) groups is 2. The van der Waals surface area contributed by atoms with E-state index in [1.54, 1.807) is 24.3 Å². The molecule has 0 saturated carbocycles. The molecule has 0 aliphatic carbocycles. The molecule has 0 aromatic heterocycles. The van der Waals surface area contributed by atoms with Crippen LogP contribution >= 0.6 is 0 Å². The van der Waals surface area contributed by atoms with E-state index in [1.165, 1.54) is 58.0 Å². The summed E-state index contributed by atoms with van der Waals surface area (Å²) in [5.41, 5.74) is 1.67. The van der Waals surface area contributed by atoms with Crippen molar-refractivity contribution in [1.82, 2.24) is 9.80 Å². The Morgan fingerprint density at radius 3 is 1.67 bits per heavy atom.